The third-order valence-electron chi connectivity index (χ3n) is 3.68. The molecule has 0 saturated carbocycles. The largest absolute Gasteiger partial charge is 0.493 e. The Morgan fingerprint density at radius 3 is 2.50 bits per heavy atom. The van der Waals surface area contributed by atoms with Crippen molar-refractivity contribution in [2.45, 2.75) is 0 Å². The maximum Gasteiger partial charge on any atom is 0.335 e. The smallest absolute Gasteiger partial charge is 0.335 e. The van der Waals surface area contributed by atoms with Crippen molar-refractivity contribution in [1.82, 2.24) is 10.2 Å². The molecule has 0 aliphatic carbocycles. The fourth-order valence-electron chi connectivity index (χ4n) is 2.43. The summed E-state index contributed by atoms with van der Waals surface area (Å²) in [5, 5.41) is 16.3. The Hall–Kier alpha value is -3.28. The first-order valence-corrected chi connectivity index (χ1v) is 7.24. The van der Waals surface area contributed by atoms with Gasteiger partial charge < -0.3 is 14.6 Å². The number of aromatic carboxylic acids is 1. The van der Waals surface area contributed by atoms with Crippen molar-refractivity contribution >= 4 is 5.97 Å². The van der Waals surface area contributed by atoms with Crippen LogP contribution < -0.4 is 9.47 Å². The number of aromatic nitrogens is 2. The van der Waals surface area contributed by atoms with Gasteiger partial charge in [-0.2, -0.15) is 5.10 Å². The Balaban J connectivity index is 1.96. The van der Waals surface area contributed by atoms with E-state index in [9.17, 15) is 4.79 Å². The Morgan fingerprint density at radius 1 is 1.00 bits per heavy atom. The monoisotopic (exact) mass is 324 g/mol. The minimum atomic E-state index is -0.965. The molecule has 6 nitrogen and oxygen atoms in total. The van der Waals surface area contributed by atoms with Gasteiger partial charge in [0.05, 0.1) is 31.2 Å². The molecule has 0 amide bonds. The summed E-state index contributed by atoms with van der Waals surface area (Å²) in [6.07, 6.45) is 0. The molecule has 0 saturated heterocycles. The number of methoxy groups -OCH3 is 2. The highest BCUT2D eigenvalue weighted by Gasteiger charge is 2.11. The van der Waals surface area contributed by atoms with Gasteiger partial charge in [0.1, 0.15) is 0 Å². The van der Waals surface area contributed by atoms with Crippen LogP contribution in [0, 0.1) is 0 Å². The molecule has 3 rings (SSSR count). The molecule has 0 bridgehead atoms. The normalized spacial score (nSPS) is 10.4. The van der Waals surface area contributed by atoms with Gasteiger partial charge in [-0.05, 0) is 36.4 Å². The predicted octanol–water partition coefficient (Wildman–Crippen LogP) is 3.46. The fourth-order valence-corrected chi connectivity index (χ4v) is 2.43. The molecule has 0 radical (unpaired) electrons. The standard InChI is InChI=1S/C18H16N2O4/c1-23-16-7-6-12(9-17(16)24-2)15-10-14(19-20-15)11-4-3-5-13(8-11)18(21)22/h3-10H,1-2H3,(H,19,20)(H,21,22). The molecule has 0 atom stereocenters. The van der Waals surface area contributed by atoms with Crippen LogP contribution in [0.3, 0.4) is 0 Å². The second kappa shape index (κ2) is 6.45. The van der Waals surface area contributed by atoms with Crippen molar-refractivity contribution in [3.63, 3.8) is 0 Å². The van der Waals surface area contributed by atoms with Crippen LogP contribution in [0.4, 0.5) is 0 Å². The Bertz CT molecular complexity index is 886. The molecule has 24 heavy (non-hydrogen) atoms. The summed E-state index contributed by atoms with van der Waals surface area (Å²) in [7, 11) is 3.17. The molecule has 0 fully saturated rings. The van der Waals surface area contributed by atoms with Crippen molar-refractivity contribution in [2.75, 3.05) is 14.2 Å². The van der Waals surface area contributed by atoms with Gasteiger partial charge in [0.25, 0.3) is 0 Å². The third kappa shape index (κ3) is 2.94. The van der Waals surface area contributed by atoms with E-state index in [-0.39, 0.29) is 5.56 Å². The lowest BCUT2D eigenvalue weighted by Gasteiger charge is -2.08. The quantitative estimate of drug-likeness (QED) is 0.751. The SMILES string of the molecule is COc1ccc(-c2cc(-c3cccc(C(=O)O)c3)n[nH]2)cc1OC. The molecule has 2 N–H and O–H groups in total. The van der Waals surface area contributed by atoms with Crippen LogP contribution in [0.2, 0.25) is 0 Å². The van der Waals surface area contributed by atoms with E-state index < -0.39 is 5.97 Å². The lowest BCUT2D eigenvalue weighted by atomic mass is 10.1. The highest BCUT2D eigenvalue weighted by atomic mass is 16.5. The van der Waals surface area contributed by atoms with E-state index >= 15 is 0 Å². The molecule has 0 unspecified atom stereocenters. The lowest BCUT2D eigenvalue weighted by Crippen LogP contribution is -1.95. The van der Waals surface area contributed by atoms with Crippen molar-refractivity contribution in [1.29, 1.82) is 0 Å². The number of benzene rings is 2. The van der Waals surface area contributed by atoms with Crippen LogP contribution in [0.15, 0.2) is 48.5 Å². The number of rotatable bonds is 5. The minimum Gasteiger partial charge on any atom is -0.493 e. The molecular formula is C18H16N2O4. The number of carboxylic acid groups (broad SMARTS) is 1. The molecule has 122 valence electrons. The first kappa shape index (κ1) is 15.6. The lowest BCUT2D eigenvalue weighted by molar-refractivity contribution is 0.0697. The minimum absolute atomic E-state index is 0.225. The Kier molecular flexibility index (Phi) is 4.20. The number of nitrogens with zero attached hydrogens (tertiary/aromatic N) is 1. The maximum atomic E-state index is 11.1. The maximum absolute atomic E-state index is 11.1. The average Bonchev–Trinajstić information content (AvgIpc) is 3.11. The Morgan fingerprint density at radius 2 is 1.79 bits per heavy atom. The van der Waals surface area contributed by atoms with Crippen LogP contribution in [-0.4, -0.2) is 35.5 Å². The van der Waals surface area contributed by atoms with Gasteiger partial charge >= 0.3 is 5.97 Å². The van der Waals surface area contributed by atoms with Gasteiger partial charge in [-0.15, -0.1) is 0 Å². The molecular weight excluding hydrogens is 308 g/mol. The van der Waals surface area contributed by atoms with E-state index in [0.29, 0.717) is 17.2 Å². The van der Waals surface area contributed by atoms with Gasteiger partial charge in [-0.25, -0.2) is 4.79 Å². The summed E-state index contributed by atoms with van der Waals surface area (Å²) in [5.41, 5.74) is 3.32. The Labute approximate surface area is 138 Å². The zero-order chi connectivity index (χ0) is 17.1. The van der Waals surface area contributed by atoms with E-state index in [1.165, 1.54) is 0 Å². The molecule has 3 aromatic rings. The van der Waals surface area contributed by atoms with E-state index in [0.717, 1.165) is 16.8 Å². The average molecular weight is 324 g/mol. The number of hydrogen-bond acceptors (Lipinski definition) is 4. The van der Waals surface area contributed by atoms with Crippen LogP contribution in [0.1, 0.15) is 10.4 Å². The van der Waals surface area contributed by atoms with Crippen LogP contribution in [0.5, 0.6) is 11.5 Å². The molecule has 0 aliphatic heterocycles. The summed E-state index contributed by atoms with van der Waals surface area (Å²) in [4.78, 5) is 11.1. The second-order valence-electron chi connectivity index (χ2n) is 5.12. The van der Waals surface area contributed by atoms with E-state index in [4.69, 9.17) is 14.6 Å². The second-order valence-corrected chi connectivity index (χ2v) is 5.12. The van der Waals surface area contributed by atoms with E-state index in [1.54, 1.807) is 32.4 Å². The van der Waals surface area contributed by atoms with Gasteiger partial charge in [-0.3, -0.25) is 5.10 Å². The van der Waals surface area contributed by atoms with E-state index in [1.807, 2.05) is 30.3 Å². The molecule has 0 spiro atoms. The van der Waals surface area contributed by atoms with Gasteiger partial charge in [0.2, 0.25) is 0 Å². The summed E-state index contributed by atoms with van der Waals surface area (Å²) >= 11 is 0. The van der Waals surface area contributed by atoms with Crippen molar-refractivity contribution in [2.24, 2.45) is 0 Å². The number of hydrogen-bond donors (Lipinski definition) is 2. The zero-order valence-corrected chi connectivity index (χ0v) is 13.2. The highest BCUT2D eigenvalue weighted by molar-refractivity contribution is 5.89. The van der Waals surface area contributed by atoms with Crippen molar-refractivity contribution < 1.29 is 19.4 Å². The van der Waals surface area contributed by atoms with Crippen molar-refractivity contribution in [3.8, 4) is 34.0 Å². The number of nitrogens with one attached hydrogen (secondary N) is 1. The summed E-state index contributed by atoms with van der Waals surface area (Å²) in [6.45, 7) is 0. The molecule has 0 aliphatic rings. The zero-order valence-electron chi connectivity index (χ0n) is 13.2. The van der Waals surface area contributed by atoms with Crippen LogP contribution in [0.25, 0.3) is 22.5 Å². The summed E-state index contributed by atoms with van der Waals surface area (Å²) in [6, 6.07) is 14.1. The van der Waals surface area contributed by atoms with E-state index in [2.05, 4.69) is 10.2 Å². The summed E-state index contributed by atoms with van der Waals surface area (Å²) in [5.74, 6) is 0.307. The number of aromatic amines is 1. The van der Waals surface area contributed by atoms with Crippen LogP contribution in [-0.2, 0) is 0 Å². The molecule has 6 heteroatoms. The molecule has 2 aromatic carbocycles. The highest BCUT2D eigenvalue weighted by Crippen LogP contribution is 2.32. The van der Waals surface area contributed by atoms with Gasteiger partial charge in [0.15, 0.2) is 11.5 Å². The van der Waals surface area contributed by atoms with Crippen molar-refractivity contribution in [3.05, 3.63) is 54.1 Å². The summed E-state index contributed by atoms with van der Waals surface area (Å²) < 4.78 is 10.5. The third-order valence-corrected chi connectivity index (χ3v) is 3.68. The topological polar surface area (TPSA) is 84.4 Å². The number of H-pyrrole nitrogens is 1. The predicted molar refractivity (Wildman–Crippen MR) is 89.5 cm³/mol. The van der Waals surface area contributed by atoms with Gasteiger partial charge in [-0.1, -0.05) is 12.1 Å². The van der Waals surface area contributed by atoms with Crippen LogP contribution >= 0.6 is 0 Å². The first-order chi connectivity index (χ1) is 11.6. The number of ether oxygens (including phenoxy) is 2. The first-order valence-electron chi connectivity index (χ1n) is 7.24. The molecule has 1 aromatic heterocycles. The van der Waals surface area contributed by atoms with Gasteiger partial charge in [0, 0.05) is 11.1 Å². The number of carbonyl (C=O) groups is 1. The number of carboxylic acids is 1. The molecule has 1 heterocycles. The fraction of sp³-hybridized carbons (Fsp3) is 0.111.